The lowest BCUT2D eigenvalue weighted by Gasteiger charge is -2.13. The van der Waals surface area contributed by atoms with Crippen LogP contribution in [-0.2, 0) is 9.53 Å². The van der Waals surface area contributed by atoms with E-state index in [2.05, 4.69) is 10.3 Å². The standard InChI is InChI=1S/C23H23N3O5S/c27-21(17-5-7-18(8-6-17)31-15-19-4-2-12-30-19)25-10-11-26-22(28)20(32-23(26)29)13-16-3-1-9-24-14-16/h1,3,5-9,13-14,19H,2,4,10-12,15H2,(H,25,27)/b20-13+. The maximum Gasteiger partial charge on any atom is 0.293 e. The molecule has 1 unspecified atom stereocenters. The molecule has 2 fully saturated rings. The van der Waals surface area contributed by atoms with E-state index in [1.54, 1.807) is 54.9 Å². The van der Waals surface area contributed by atoms with Gasteiger partial charge in [-0.05, 0) is 66.6 Å². The summed E-state index contributed by atoms with van der Waals surface area (Å²) in [6, 6.07) is 10.4. The number of imide groups is 1. The maximum absolute atomic E-state index is 12.5. The summed E-state index contributed by atoms with van der Waals surface area (Å²) in [6.45, 7) is 1.54. The summed E-state index contributed by atoms with van der Waals surface area (Å²) in [7, 11) is 0. The quantitative estimate of drug-likeness (QED) is 0.614. The first-order valence-electron chi connectivity index (χ1n) is 10.4. The van der Waals surface area contributed by atoms with Gasteiger partial charge in [-0.1, -0.05) is 6.07 Å². The van der Waals surface area contributed by atoms with Crippen LogP contribution in [0.3, 0.4) is 0 Å². The Bertz CT molecular complexity index is 1000. The van der Waals surface area contributed by atoms with Gasteiger partial charge in [0.2, 0.25) is 0 Å². The lowest BCUT2D eigenvalue weighted by atomic mass is 10.2. The molecule has 32 heavy (non-hydrogen) atoms. The first-order chi connectivity index (χ1) is 15.6. The second kappa shape index (κ2) is 10.4. The zero-order valence-electron chi connectivity index (χ0n) is 17.4. The Balaban J connectivity index is 1.25. The van der Waals surface area contributed by atoms with Gasteiger partial charge in [-0.2, -0.15) is 0 Å². The number of carbonyl (C=O) groups excluding carboxylic acids is 3. The lowest BCUT2D eigenvalue weighted by Crippen LogP contribution is -2.37. The molecule has 0 saturated carbocycles. The largest absolute Gasteiger partial charge is 0.491 e. The molecule has 1 atom stereocenters. The molecule has 0 radical (unpaired) electrons. The average molecular weight is 454 g/mol. The molecule has 4 rings (SSSR count). The van der Waals surface area contributed by atoms with Gasteiger partial charge in [-0.15, -0.1) is 0 Å². The van der Waals surface area contributed by atoms with Gasteiger partial charge in [0.15, 0.2) is 0 Å². The molecule has 1 N–H and O–H groups in total. The van der Waals surface area contributed by atoms with E-state index in [4.69, 9.17) is 9.47 Å². The Labute approximate surface area is 190 Å². The smallest absolute Gasteiger partial charge is 0.293 e. The summed E-state index contributed by atoms with van der Waals surface area (Å²) >= 11 is 0.882. The van der Waals surface area contributed by atoms with Crippen molar-refractivity contribution in [2.45, 2.75) is 18.9 Å². The van der Waals surface area contributed by atoms with Crippen LogP contribution >= 0.6 is 11.8 Å². The SMILES string of the molecule is O=C(NCCN1C(=O)S/C(=C/c2cccnc2)C1=O)c1ccc(OCC2CCCO2)cc1. The van der Waals surface area contributed by atoms with Crippen LogP contribution in [0.25, 0.3) is 6.08 Å². The number of aromatic nitrogens is 1. The Kier molecular flexibility index (Phi) is 7.18. The molecule has 3 amide bonds. The molecule has 2 aromatic rings. The normalized spacial score (nSPS) is 19.6. The van der Waals surface area contributed by atoms with Crippen molar-refractivity contribution in [3.63, 3.8) is 0 Å². The van der Waals surface area contributed by atoms with Crippen molar-refractivity contribution < 1.29 is 23.9 Å². The fourth-order valence-corrected chi connectivity index (χ4v) is 4.22. The number of thioether (sulfide) groups is 1. The fourth-order valence-electron chi connectivity index (χ4n) is 3.36. The van der Waals surface area contributed by atoms with Gasteiger partial charge < -0.3 is 14.8 Å². The van der Waals surface area contributed by atoms with Crippen molar-refractivity contribution in [3.8, 4) is 5.75 Å². The van der Waals surface area contributed by atoms with Crippen LogP contribution in [0.1, 0.15) is 28.8 Å². The number of amides is 3. The van der Waals surface area contributed by atoms with Crippen molar-refractivity contribution in [2.24, 2.45) is 0 Å². The molecule has 2 aliphatic heterocycles. The summed E-state index contributed by atoms with van der Waals surface area (Å²) in [6.07, 6.45) is 7.08. The van der Waals surface area contributed by atoms with Crippen LogP contribution in [0.15, 0.2) is 53.7 Å². The number of ether oxygens (including phenoxy) is 2. The van der Waals surface area contributed by atoms with Crippen molar-refractivity contribution in [1.29, 1.82) is 0 Å². The Morgan fingerprint density at radius 2 is 2.12 bits per heavy atom. The third kappa shape index (κ3) is 5.54. The number of rotatable bonds is 8. The first kappa shape index (κ1) is 22.0. The van der Waals surface area contributed by atoms with Gasteiger partial charge >= 0.3 is 0 Å². The van der Waals surface area contributed by atoms with E-state index >= 15 is 0 Å². The van der Waals surface area contributed by atoms with Crippen molar-refractivity contribution >= 4 is 34.9 Å². The second-order valence-corrected chi connectivity index (χ2v) is 8.34. The van der Waals surface area contributed by atoms with Crippen LogP contribution in [-0.4, -0.2) is 59.3 Å². The van der Waals surface area contributed by atoms with E-state index in [0.717, 1.165) is 41.7 Å². The third-order valence-electron chi connectivity index (χ3n) is 5.05. The first-order valence-corrected chi connectivity index (χ1v) is 11.2. The number of nitrogens with zero attached hydrogens (tertiary/aromatic N) is 2. The molecule has 0 bridgehead atoms. The number of carbonyl (C=O) groups is 3. The lowest BCUT2D eigenvalue weighted by molar-refractivity contribution is -0.122. The van der Waals surface area contributed by atoms with Gasteiger partial charge in [0.25, 0.3) is 17.1 Å². The third-order valence-corrected chi connectivity index (χ3v) is 5.96. The molecule has 0 aliphatic carbocycles. The molecule has 9 heteroatoms. The Morgan fingerprint density at radius 1 is 1.28 bits per heavy atom. The van der Waals surface area contributed by atoms with E-state index < -0.39 is 0 Å². The minimum atomic E-state index is -0.370. The summed E-state index contributed by atoms with van der Waals surface area (Å²) < 4.78 is 11.2. The van der Waals surface area contributed by atoms with Crippen molar-refractivity contribution in [1.82, 2.24) is 15.2 Å². The van der Waals surface area contributed by atoms with Crippen molar-refractivity contribution in [3.05, 3.63) is 64.8 Å². The molecule has 8 nitrogen and oxygen atoms in total. The average Bonchev–Trinajstić information content (AvgIpc) is 3.42. The monoisotopic (exact) mass is 453 g/mol. The van der Waals surface area contributed by atoms with Crippen LogP contribution < -0.4 is 10.1 Å². The van der Waals surface area contributed by atoms with Gasteiger partial charge in [0.1, 0.15) is 12.4 Å². The molecular weight excluding hydrogens is 430 g/mol. The van der Waals surface area contributed by atoms with Gasteiger partial charge in [0, 0.05) is 37.7 Å². The number of benzene rings is 1. The predicted molar refractivity (Wildman–Crippen MR) is 120 cm³/mol. The zero-order chi connectivity index (χ0) is 22.3. The summed E-state index contributed by atoms with van der Waals surface area (Å²) in [5.74, 6) is 0.0228. The number of hydrogen-bond donors (Lipinski definition) is 1. The molecule has 3 heterocycles. The van der Waals surface area contributed by atoms with E-state index in [9.17, 15) is 14.4 Å². The van der Waals surface area contributed by atoms with Crippen molar-refractivity contribution in [2.75, 3.05) is 26.3 Å². The summed E-state index contributed by atoms with van der Waals surface area (Å²) in [5.41, 5.74) is 1.22. The summed E-state index contributed by atoms with van der Waals surface area (Å²) in [4.78, 5) is 42.6. The number of hydrogen-bond acceptors (Lipinski definition) is 7. The van der Waals surface area contributed by atoms with Gasteiger partial charge in [-0.25, -0.2) is 0 Å². The summed E-state index contributed by atoms with van der Waals surface area (Å²) in [5, 5.41) is 2.39. The highest BCUT2D eigenvalue weighted by atomic mass is 32.2. The number of pyridine rings is 1. The highest BCUT2D eigenvalue weighted by Crippen LogP contribution is 2.31. The van der Waals surface area contributed by atoms with Gasteiger partial charge in [-0.3, -0.25) is 24.3 Å². The second-order valence-electron chi connectivity index (χ2n) is 7.35. The number of nitrogens with one attached hydrogen (secondary N) is 1. The van der Waals surface area contributed by atoms with Crippen LogP contribution in [0.5, 0.6) is 5.75 Å². The Hall–Kier alpha value is -3.17. The van der Waals surface area contributed by atoms with E-state index in [1.807, 2.05) is 0 Å². The molecule has 1 aromatic heterocycles. The fraction of sp³-hybridized carbons (Fsp3) is 0.304. The minimum Gasteiger partial charge on any atom is -0.491 e. The molecule has 2 aliphatic rings. The van der Waals surface area contributed by atoms with E-state index in [-0.39, 0.29) is 36.2 Å². The maximum atomic E-state index is 12.5. The van der Waals surface area contributed by atoms with E-state index in [1.165, 1.54) is 0 Å². The predicted octanol–water partition coefficient (Wildman–Crippen LogP) is 3.11. The van der Waals surface area contributed by atoms with Crippen LogP contribution in [0.2, 0.25) is 0 Å². The van der Waals surface area contributed by atoms with Gasteiger partial charge in [0.05, 0.1) is 11.0 Å². The van der Waals surface area contributed by atoms with Crippen LogP contribution in [0, 0.1) is 0 Å². The molecule has 166 valence electrons. The topological polar surface area (TPSA) is 97.8 Å². The van der Waals surface area contributed by atoms with E-state index in [0.29, 0.717) is 22.8 Å². The molecule has 1 aromatic carbocycles. The molecule has 2 saturated heterocycles. The zero-order valence-corrected chi connectivity index (χ0v) is 18.2. The molecule has 0 spiro atoms. The highest BCUT2D eigenvalue weighted by molar-refractivity contribution is 8.18. The highest BCUT2D eigenvalue weighted by Gasteiger charge is 2.34. The van der Waals surface area contributed by atoms with Crippen LogP contribution in [0.4, 0.5) is 4.79 Å². The minimum absolute atomic E-state index is 0.101. The Morgan fingerprint density at radius 3 is 2.84 bits per heavy atom. The molecular formula is C23H23N3O5S.